The normalized spacial score (nSPS) is 10.1. The van der Waals surface area contributed by atoms with Gasteiger partial charge in [-0.2, -0.15) is 0 Å². The lowest BCUT2D eigenvalue weighted by molar-refractivity contribution is -0.137. The van der Waals surface area contributed by atoms with Crippen LogP contribution in [-0.4, -0.2) is 23.6 Å². The van der Waals surface area contributed by atoms with E-state index in [9.17, 15) is 9.59 Å². The summed E-state index contributed by atoms with van der Waals surface area (Å²) < 4.78 is 4.65. The highest BCUT2D eigenvalue weighted by Gasteiger charge is 2.02. The fourth-order valence-electron chi connectivity index (χ4n) is 1.31. The van der Waals surface area contributed by atoms with Crippen molar-refractivity contribution >= 4 is 29.2 Å². The van der Waals surface area contributed by atoms with Gasteiger partial charge in [0.05, 0.1) is 6.61 Å². The summed E-state index contributed by atoms with van der Waals surface area (Å²) in [4.78, 5) is 22.4. The SMILES string of the molecule is CCOC(=O)C=CC(=O)NC(=S)NCc1ccccc1. The van der Waals surface area contributed by atoms with Crippen LogP contribution >= 0.6 is 12.2 Å². The summed E-state index contributed by atoms with van der Waals surface area (Å²) in [7, 11) is 0. The standard InChI is InChI=1S/C14H16N2O3S/c1-2-19-13(18)9-8-12(17)16-14(20)15-10-11-6-4-3-5-7-11/h3-9H,2,10H2,1H3,(H2,15,16,17,20). The Labute approximate surface area is 123 Å². The maximum absolute atomic E-state index is 11.4. The van der Waals surface area contributed by atoms with Crippen molar-refractivity contribution in [2.75, 3.05) is 6.61 Å². The van der Waals surface area contributed by atoms with Crippen LogP contribution in [0, 0.1) is 0 Å². The van der Waals surface area contributed by atoms with Crippen LogP contribution < -0.4 is 10.6 Å². The Morgan fingerprint density at radius 3 is 2.60 bits per heavy atom. The number of thiocarbonyl (C=S) groups is 1. The predicted molar refractivity (Wildman–Crippen MR) is 79.8 cm³/mol. The summed E-state index contributed by atoms with van der Waals surface area (Å²) >= 11 is 4.97. The van der Waals surface area contributed by atoms with Crippen LogP contribution in [0.1, 0.15) is 12.5 Å². The molecule has 5 nitrogen and oxygen atoms in total. The molecule has 20 heavy (non-hydrogen) atoms. The Morgan fingerprint density at radius 2 is 1.95 bits per heavy atom. The van der Waals surface area contributed by atoms with Crippen LogP contribution in [0.3, 0.4) is 0 Å². The molecule has 0 heterocycles. The molecule has 1 aromatic rings. The van der Waals surface area contributed by atoms with Gasteiger partial charge in [0, 0.05) is 18.7 Å². The summed E-state index contributed by atoms with van der Waals surface area (Å²) in [5, 5.41) is 5.53. The molecule has 1 aromatic carbocycles. The predicted octanol–water partition coefficient (Wildman–Crippen LogP) is 1.30. The molecule has 6 heteroatoms. The first-order valence-corrected chi connectivity index (χ1v) is 6.50. The molecule has 1 rings (SSSR count). The van der Waals surface area contributed by atoms with E-state index >= 15 is 0 Å². The number of amides is 1. The van der Waals surface area contributed by atoms with Crippen LogP contribution in [-0.2, 0) is 20.9 Å². The van der Waals surface area contributed by atoms with Gasteiger partial charge in [-0.25, -0.2) is 4.79 Å². The van der Waals surface area contributed by atoms with Gasteiger partial charge in [0.25, 0.3) is 0 Å². The second-order valence-corrected chi connectivity index (χ2v) is 4.15. The van der Waals surface area contributed by atoms with E-state index < -0.39 is 11.9 Å². The number of hydrogen-bond donors (Lipinski definition) is 2. The Morgan fingerprint density at radius 1 is 1.25 bits per heavy atom. The number of carbonyl (C=O) groups is 2. The van der Waals surface area contributed by atoms with Gasteiger partial charge in [0.2, 0.25) is 5.91 Å². The minimum atomic E-state index is -0.564. The molecule has 0 aliphatic heterocycles. The van der Waals surface area contributed by atoms with Crippen LogP contribution in [0.4, 0.5) is 0 Å². The lowest BCUT2D eigenvalue weighted by Gasteiger charge is -2.07. The average Bonchev–Trinajstić information content (AvgIpc) is 2.44. The molecule has 0 aliphatic carbocycles. The van der Waals surface area contributed by atoms with Gasteiger partial charge >= 0.3 is 5.97 Å². The monoisotopic (exact) mass is 292 g/mol. The van der Waals surface area contributed by atoms with Crippen LogP contribution in [0.5, 0.6) is 0 Å². The number of ether oxygens (including phenoxy) is 1. The van der Waals surface area contributed by atoms with Crippen molar-refractivity contribution in [1.29, 1.82) is 0 Å². The van der Waals surface area contributed by atoms with Gasteiger partial charge in [-0.05, 0) is 24.7 Å². The molecule has 2 N–H and O–H groups in total. The van der Waals surface area contributed by atoms with Crippen LogP contribution in [0.15, 0.2) is 42.5 Å². The van der Waals surface area contributed by atoms with Crippen molar-refractivity contribution in [2.24, 2.45) is 0 Å². The van der Waals surface area contributed by atoms with Crippen molar-refractivity contribution in [3.05, 3.63) is 48.0 Å². The van der Waals surface area contributed by atoms with Crippen LogP contribution in [0.2, 0.25) is 0 Å². The number of rotatable bonds is 5. The summed E-state index contributed by atoms with van der Waals surface area (Å²) in [5.41, 5.74) is 1.05. The van der Waals surface area contributed by atoms with Crippen molar-refractivity contribution in [3.8, 4) is 0 Å². The van der Waals surface area contributed by atoms with Crippen molar-refractivity contribution in [3.63, 3.8) is 0 Å². The molecule has 0 aromatic heterocycles. The molecule has 0 aliphatic rings. The molecule has 0 atom stereocenters. The number of carbonyl (C=O) groups excluding carboxylic acids is 2. The second kappa shape index (κ2) is 8.82. The topological polar surface area (TPSA) is 67.4 Å². The minimum absolute atomic E-state index is 0.201. The third kappa shape index (κ3) is 6.65. The third-order valence-corrected chi connectivity index (χ3v) is 2.44. The average molecular weight is 292 g/mol. The molecule has 0 saturated carbocycles. The summed E-state index contributed by atoms with van der Waals surface area (Å²) in [6.07, 6.45) is 2.13. The lowest BCUT2D eigenvalue weighted by atomic mass is 10.2. The molecule has 0 spiro atoms. The first-order valence-electron chi connectivity index (χ1n) is 6.09. The van der Waals surface area contributed by atoms with E-state index in [0.29, 0.717) is 6.54 Å². The van der Waals surface area contributed by atoms with E-state index in [2.05, 4.69) is 15.4 Å². The van der Waals surface area contributed by atoms with Gasteiger partial charge in [-0.15, -0.1) is 0 Å². The lowest BCUT2D eigenvalue weighted by Crippen LogP contribution is -2.38. The maximum Gasteiger partial charge on any atom is 0.330 e. The van der Waals surface area contributed by atoms with E-state index in [1.807, 2.05) is 30.3 Å². The van der Waals surface area contributed by atoms with Gasteiger partial charge < -0.3 is 10.1 Å². The number of benzene rings is 1. The maximum atomic E-state index is 11.4. The number of hydrogen-bond acceptors (Lipinski definition) is 4. The van der Waals surface area contributed by atoms with E-state index in [-0.39, 0.29) is 11.7 Å². The number of esters is 1. The zero-order valence-electron chi connectivity index (χ0n) is 11.1. The molecular formula is C14H16N2O3S. The molecule has 0 radical (unpaired) electrons. The van der Waals surface area contributed by atoms with E-state index in [1.165, 1.54) is 0 Å². The van der Waals surface area contributed by atoms with Gasteiger partial charge in [0.1, 0.15) is 0 Å². The van der Waals surface area contributed by atoms with Crippen molar-refractivity contribution in [1.82, 2.24) is 10.6 Å². The highest BCUT2D eigenvalue weighted by molar-refractivity contribution is 7.80. The van der Waals surface area contributed by atoms with Gasteiger partial charge in [-0.1, -0.05) is 30.3 Å². The first kappa shape index (κ1) is 15.8. The highest BCUT2D eigenvalue weighted by atomic mass is 32.1. The zero-order valence-corrected chi connectivity index (χ0v) is 11.9. The third-order valence-electron chi connectivity index (χ3n) is 2.19. The van der Waals surface area contributed by atoms with Crippen molar-refractivity contribution < 1.29 is 14.3 Å². The molecule has 106 valence electrons. The Bertz CT molecular complexity index is 500. The van der Waals surface area contributed by atoms with E-state index in [4.69, 9.17) is 12.2 Å². The Kier molecular flexibility index (Phi) is 6.99. The fourth-order valence-corrected chi connectivity index (χ4v) is 1.48. The summed E-state index contributed by atoms with van der Waals surface area (Å²) in [6.45, 7) is 2.47. The van der Waals surface area contributed by atoms with Gasteiger partial charge in [-0.3, -0.25) is 10.1 Å². The quantitative estimate of drug-likeness (QED) is 0.486. The van der Waals surface area contributed by atoms with Gasteiger partial charge in [0.15, 0.2) is 5.11 Å². The number of nitrogens with one attached hydrogen (secondary N) is 2. The second-order valence-electron chi connectivity index (χ2n) is 3.74. The fraction of sp³-hybridized carbons (Fsp3) is 0.214. The highest BCUT2D eigenvalue weighted by Crippen LogP contribution is 1.96. The Hall–Kier alpha value is -2.21. The first-order chi connectivity index (χ1) is 9.61. The van der Waals surface area contributed by atoms with Crippen molar-refractivity contribution in [2.45, 2.75) is 13.5 Å². The van der Waals surface area contributed by atoms with E-state index in [0.717, 1.165) is 17.7 Å². The molecular weight excluding hydrogens is 276 g/mol. The zero-order chi connectivity index (χ0) is 14.8. The Balaban J connectivity index is 2.31. The summed E-state index contributed by atoms with van der Waals surface area (Å²) in [6, 6.07) is 9.64. The molecule has 0 fully saturated rings. The smallest absolute Gasteiger partial charge is 0.330 e. The molecule has 1 amide bonds. The van der Waals surface area contributed by atoms with E-state index in [1.54, 1.807) is 6.92 Å². The molecule has 0 saturated heterocycles. The minimum Gasteiger partial charge on any atom is -0.463 e. The van der Waals surface area contributed by atoms with Crippen LogP contribution in [0.25, 0.3) is 0 Å². The molecule has 0 bridgehead atoms. The largest absolute Gasteiger partial charge is 0.463 e. The summed E-state index contributed by atoms with van der Waals surface area (Å²) in [5.74, 6) is -1.05. The molecule has 0 unspecified atom stereocenters.